The minimum atomic E-state index is -0.308. The smallest absolute Gasteiger partial charge is 0.240 e. The molecule has 0 aliphatic carbocycles. The average molecular weight is 229 g/mol. The number of benzene rings is 1. The van der Waals surface area contributed by atoms with E-state index in [9.17, 15) is 4.79 Å². The van der Waals surface area contributed by atoms with Crippen LogP contribution in [0.5, 0.6) is 0 Å². The molecule has 1 aliphatic rings. The molecule has 1 heterocycles. The van der Waals surface area contributed by atoms with Crippen molar-refractivity contribution in [3.8, 4) is 6.07 Å². The van der Waals surface area contributed by atoms with Crippen LogP contribution in [0.25, 0.3) is 0 Å². The number of nitrogens with zero attached hydrogens (tertiary/aromatic N) is 2. The van der Waals surface area contributed by atoms with E-state index in [4.69, 9.17) is 11.0 Å². The molecule has 88 valence electrons. The van der Waals surface area contributed by atoms with Gasteiger partial charge in [-0.3, -0.25) is 4.79 Å². The molecule has 1 fully saturated rings. The quantitative estimate of drug-likeness (QED) is 0.833. The molecule has 2 N–H and O–H groups in total. The van der Waals surface area contributed by atoms with Gasteiger partial charge in [-0.05, 0) is 31.4 Å². The summed E-state index contributed by atoms with van der Waals surface area (Å²) in [6.45, 7) is 0.784. The van der Waals surface area contributed by atoms with Gasteiger partial charge in [0.1, 0.15) is 12.1 Å². The first-order valence-corrected chi connectivity index (χ1v) is 5.79. The second-order valence-corrected chi connectivity index (χ2v) is 4.24. The lowest BCUT2D eigenvalue weighted by atomic mass is 9.99. The summed E-state index contributed by atoms with van der Waals surface area (Å²) >= 11 is 0. The first-order chi connectivity index (χ1) is 8.24. The van der Waals surface area contributed by atoms with E-state index in [0.29, 0.717) is 5.56 Å². The number of carbonyl (C=O) groups is 1. The zero-order chi connectivity index (χ0) is 12.3. The van der Waals surface area contributed by atoms with E-state index in [1.165, 1.54) is 0 Å². The Bertz CT molecular complexity index is 464. The SMILES string of the molecule is N#Cc1ccccc1N1CCCCC1C(N)=O. The molecule has 1 amide bonds. The number of carbonyl (C=O) groups excluding carboxylic acids is 1. The van der Waals surface area contributed by atoms with Crippen molar-refractivity contribution in [2.24, 2.45) is 5.73 Å². The van der Waals surface area contributed by atoms with E-state index in [2.05, 4.69) is 6.07 Å². The molecule has 1 saturated heterocycles. The number of anilines is 1. The molecule has 4 heteroatoms. The highest BCUT2D eigenvalue weighted by atomic mass is 16.1. The summed E-state index contributed by atoms with van der Waals surface area (Å²) in [5.74, 6) is -0.308. The van der Waals surface area contributed by atoms with Gasteiger partial charge >= 0.3 is 0 Å². The normalized spacial score (nSPS) is 19.7. The van der Waals surface area contributed by atoms with Crippen molar-refractivity contribution in [3.63, 3.8) is 0 Å². The molecular weight excluding hydrogens is 214 g/mol. The van der Waals surface area contributed by atoms with Gasteiger partial charge in [0, 0.05) is 6.54 Å². The number of rotatable bonds is 2. The highest BCUT2D eigenvalue weighted by Crippen LogP contribution is 2.27. The van der Waals surface area contributed by atoms with Gasteiger partial charge in [0.05, 0.1) is 11.3 Å². The molecule has 1 aromatic carbocycles. The van der Waals surface area contributed by atoms with Gasteiger partial charge in [0.15, 0.2) is 0 Å². The van der Waals surface area contributed by atoms with Crippen molar-refractivity contribution < 1.29 is 4.79 Å². The number of nitrogens with two attached hydrogens (primary N) is 1. The van der Waals surface area contributed by atoms with Crippen molar-refractivity contribution in [1.82, 2.24) is 0 Å². The largest absolute Gasteiger partial charge is 0.368 e. The Balaban J connectivity index is 2.36. The predicted molar refractivity (Wildman–Crippen MR) is 65.3 cm³/mol. The fourth-order valence-electron chi connectivity index (χ4n) is 2.33. The number of primary amides is 1. The Hall–Kier alpha value is -2.02. The molecular formula is C13H15N3O. The van der Waals surface area contributed by atoms with Crippen LogP contribution in [0.4, 0.5) is 5.69 Å². The minimum Gasteiger partial charge on any atom is -0.368 e. The molecule has 0 radical (unpaired) electrons. The Morgan fingerprint density at radius 1 is 1.41 bits per heavy atom. The monoisotopic (exact) mass is 229 g/mol. The molecule has 4 nitrogen and oxygen atoms in total. The third kappa shape index (κ3) is 2.23. The van der Waals surface area contributed by atoms with Gasteiger partial charge in [-0.1, -0.05) is 12.1 Å². The van der Waals surface area contributed by atoms with Crippen LogP contribution in [0, 0.1) is 11.3 Å². The number of para-hydroxylation sites is 1. The predicted octanol–water partition coefficient (Wildman–Crippen LogP) is 1.40. The molecule has 1 unspecified atom stereocenters. The Kier molecular flexibility index (Phi) is 3.29. The number of amides is 1. The molecule has 1 aliphatic heterocycles. The van der Waals surface area contributed by atoms with Gasteiger partial charge in [0.25, 0.3) is 0 Å². The van der Waals surface area contributed by atoms with Crippen LogP contribution in [0.15, 0.2) is 24.3 Å². The maximum atomic E-state index is 11.4. The lowest BCUT2D eigenvalue weighted by Gasteiger charge is -2.36. The van der Waals surface area contributed by atoms with Crippen molar-refractivity contribution in [1.29, 1.82) is 5.26 Å². The fourth-order valence-corrected chi connectivity index (χ4v) is 2.33. The van der Waals surface area contributed by atoms with Crippen LogP contribution in [0.1, 0.15) is 24.8 Å². The number of hydrogen-bond donors (Lipinski definition) is 1. The molecule has 0 saturated carbocycles. The number of hydrogen-bond acceptors (Lipinski definition) is 3. The Labute approximate surface area is 101 Å². The van der Waals surface area contributed by atoms with E-state index in [0.717, 1.165) is 31.5 Å². The number of piperidine rings is 1. The molecule has 0 spiro atoms. The lowest BCUT2D eigenvalue weighted by Crippen LogP contribution is -2.48. The van der Waals surface area contributed by atoms with Gasteiger partial charge in [-0.15, -0.1) is 0 Å². The minimum absolute atomic E-state index is 0.279. The van der Waals surface area contributed by atoms with Gasteiger partial charge < -0.3 is 10.6 Å². The summed E-state index contributed by atoms with van der Waals surface area (Å²) in [5.41, 5.74) is 6.84. The molecule has 2 rings (SSSR count). The van der Waals surface area contributed by atoms with E-state index < -0.39 is 0 Å². The summed E-state index contributed by atoms with van der Waals surface area (Å²) in [5, 5.41) is 9.08. The number of nitriles is 1. The van der Waals surface area contributed by atoms with Gasteiger partial charge in [0.2, 0.25) is 5.91 Å². The first kappa shape index (κ1) is 11.5. The van der Waals surface area contributed by atoms with E-state index in [1.54, 1.807) is 6.07 Å². The molecule has 1 aromatic rings. The maximum absolute atomic E-state index is 11.4. The van der Waals surface area contributed by atoms with Crippen molar-refractivity contribution in [2.45, 2.75) is 25.3 Å². The zero-order valence-electron chi connectivity index (χ0n) is 9.60. The second kappa shape index (κ2) is 4.88. The van der Waals surface area contributed by atoms with Crippen LogP contribution in [0.3, 0.4) is 0 Å². The topological polar surface area (TPSA) is 70.1 Å². The van der Waals surface area contributed by atoms with Crippen molar-refractivity contribution in [3.05, 3.63) is 29.8 Å². The standard InChI is InChI=1S/C13H15N3O/c14-9-10-5-1-2-6-11(10)16-8-4-3-7-12(16)13(15)17/h1-2,5-6,12H,3-4,7-8H2,(H2,15,17). The molecule has 1 atom stereocenters. The summed E-state index contributed by atoms with van der Waals surface area (Å²) < 4.78 is 0. The molecule has 0 aromatic heterocycles. The Morgan fingerprint density at radius 2 is 2.18 bits per heavy atom. The maximum Gasteiger partial charge on any atom is 0.240 e. The van der Waals surface area contributed by atoms with Crippen LogP contribution in [-0.2, 0) is 4.79 Å². The average Bonchev–Trinajstić information content (AvgIpc) is 2.38. The fraction of sp³-hybridized carbons (Fsp3) is 0.385. The van der Waals surface area contributed by atoms with Crippen LogP contribution in [0.2, 0.25) is 0 Å². The van der Waals surface area contributed by atoms with Crippen LogP contribution >= 0.6 is 0 Å². The van der Waals surface area contributed by atoms with Crippen LogP contribution < -0.4 is 10.6 Å². The highest BCUT2D eigenvalue weighted by molar-refractivity contribution is 5.84. The summed E-state index contributed by atoms with van der Waals surface area (Å²) in [4.78, 5) is 13.4. The summed E-state index contributed by atoms with van der Waals surface area (Å²) in [6, 6.07) is 9.22. The van der Waals surface area contributed by atoms with E-state index in [-0.39, 0.29) is 11.9 Å². The van der Waals surface area contributed by atoms with E-state index >= 15 is 0 Å². The highest BCUT2D eigenvalue weighted by Gasteiger charge is 2.28. The first-order valence-electron chi connectivity index (χ1n) is 5.79. The Morgan fingerprint density at radius 3 is 2.88 bits per heavy atom. The lowest BCUT2D eigenvalue weighted by molar-refractivity contribution is -0.119. The second-order valence-electron chi connectivity index (χ2n) is 4.24. The van der Waals surface area contributed by atoms with E-state index in [1.807, 2.05) is 23.1 Å². The molecule has 0 bridgehead atoms. The van der Waals surface area contributed by atoms with Crippen LogP contribution in [-0.4, -0.2) is 18.5 Å². The summed E-state index contributed by atoms with van der Waals surface area (Å²) in [7, 11) is 0. The summed E-state index contributed by atoms with van der Waals surface area (Å²) in [6.07, 6.45) is 2.82. The van der Waals surface area contributed by atoms with Crippen molar-refractivity contribution in [2.75, 3.05) is 11.4 Å². The van der Waals surface area contributed by atoms with Gasteiger partial charge in [-0.25, -0.2) is 0 Å². The third-order valence-electron chi connectivity index (χ3n) is 3.17. The zero-order valence-corrected chi connectivity index (χ0v) is 9.60. The molecule has 17 heavy (non-hydrogen) atoms. The third-order valence-corrected chi connectivity index (χ3v) is 3.17. The van der Waals surface area contributed by atoms with Gasteiger partial charge in [-0.2, -0.15) is 5.26 Å². The van der Waals surface area contributed by atoms with Crippen molar-refractivity contribution >= 4 is 11.6 Å².